The van der Waals surface area contributed by atoms with Crippen LogP contribution in [0.4, 0.5) is 0 Å². The molecular formula is C17H26N2O5S. The Morgan fingerprint density at radius 3 is 2.56 bits per heavy atom. The number of amides is 1. The molecular weight excluding hydrogens is 344 g/mol. The smallest absolute Gasteiger partial charge is 0.251 e. The second-order valence-corrected chi connectivity index (χ2v) is 8.54. The minimum atomic E-state index is -3.34. The number of carbonyl (C=O) groups excluding carboxylic acids is 1. The highest BCUT2D eigenvalue weighted by atomic mass is 32.2. The summed E-state index contributed by atoms with van der Waals surface area (Å²) in [6.45, 7) is 3.30. The first kappa shape index (κ1) is 19.7. The van der Waals surface area contributed by atoms with E-state index < -0.39 is 10.0 Å². The molecule has 1 aromatic rings. The highest BCUT2D eigenvalue weighted by Crippen LogP contribution is 2.18. The summed E-state index contributed by atoms with van der Waals surface area (Å²) >= 11 is 0. The number of hydrogen-bond acceptors (Lipinski definition) is 5. The number of ether oxygens (including phenoxy) is 2. The molecule has 0 aliphatic carbocycles. The predicted octanol–water partition coefficient (Wildman–Crippen LogP) is 1.11. The molecule has 0 unspecified atom stereocenters. The summed E-state index contributed by atoms with van der Waals surface area (Å²) in [7, 11) is -0.342. The van der Waals surface area contributed by atoms with Gasteiger partial charge < -0.3 is 14.8 Å². The third-order valence-corrected chi connectivity index (χ3v) is 6.05. The first-order chi connectivity index (χ1) is 11.8. The number of rotatable bonds is 8. The van der Waals surface area contributed by atoms with E-state index in [1.807, 2.05) is 6.92 Å². The Morgan fingerprint density at radius 2 is 1.96 bits per heavy atom. The Morgan fingerprint density at radius 1 is 1.28 bits per heavy atom. The van der Waals surface area contributed by atoms with Gasteiger partial charge >= 0.3 is 0 Å². The second kappa shape index (κ2) is 8.64. The van der Waals surface area contributed by atoms with E-state index >= 15 is 0 Å². The molecule has 0 bridgehead atoms. The maximum Gasteiger partial charge on any atom is 0.251 e. The molecule has 1 aliphatic heterocycles. The van der Waals surface area contributed by atoms with E-state index in [2.05, 4.69) is 5.32 Å². The SMILES string of the molecule is CCCOc1ccc(C(=O)N[C@@H]2COC[C@H]2CS(=O)(=O)N(C)C)cc1. The number of sulfonamides is 1. The van der Waals surface area contributed by atoms with E-state index in [-0.39, 0.29) is 23.6 Å². The van der Waals surface area contributed by atoms with Crippen LogP contribution >= 0.6 is 0 Å². The van der Waals surface area contributed by atoms with Gasteiger partial charge in [-0.05, 0) is 30.7 Å². The van der Waals surface area contributed by atoms with Crippen molar-refractivity contribution in [2.45, 2.75) is 19.4 Å². The standard InChI is InChI=1S/C17H26N2O5S/c1-4-9-24-15-7-5-13(6-8-15)17(20)18-16-11-23-10-14(16)12-25(21,22)19(2)3/h5-8,14,16H,4,9-12H2,1-3H3,(H,18,20)/t14-,16+/m0/s1. The van der Waals surface area contributed by atoms with Gasteiger partial charge in [-0.3, -0.25) is 4.79 Å². The van der Waals surface area contributed by atoms with E-state index in [9.17, 15) is 13.2 Å². The minimum absolute atomic E-state index is 0.0469. The first-order valence-corrected chi connectivity index (χ1v) is 9.96. The lowest BCUT2D eigenvalue weighted by Gasteiger charge is -2.21. The Kier molecular flexibility index (Phi) is 6.80. The maximum absolute atomic E-state index is 12.4. The van der Waals surface area contributed by atoms with E-state index in [0.29, 0.717) is 25.4 Å². The lowest BCUT2D eigenvalue weighted by Crippen LogP contribution is -2.43. The molecule has 1 saturated heterocycles. The average Bonchev–Trinajstić information content (AvgIpc) is 2.99. The van der Waals surface area contributed by atoms with Crippen LogP contribution in [-0.2, 0) is 14.8 Å². The summed E-state index contributed by atoms with van der Waals surface area (Å²) in [5, 5.41) is 2.88. The molecule has 2 atom stereocenters. The number of nitrogens with one attached hydrogen (secondary N) is 1. The van der Waals surface area contributed by atoms with Crippen LogP contribution in [0.2, 0.25) is 0 Å². The Hall–Kier alpha value is -1.64. The molecule has 1 aromatic carbocycles. The molecule has 7 nitrogen and oxygen atoms in total. The predicted molar refractivity (Wildman–Crippen MR) is 95.3 cm³/mol. The van der Waals surface area contributed by atoms with Gasteiger partial charge in [-0.25, -0.2) is 12.7 Å². The molecule has 1 aliphatic rings. The summed E-state index contributed by atoms with van der Waals surface area (Å²) in [5.41, 5.74) is 0.505. The van der Waals surface area contributed by atoms with Gasteiger partial charge in [-0.1, -0.05) is 6.92 Å². The van der Waals surface area contributed by atoms with Crippen LogP contribution < -0.4 is 10.1 Å². The van der Waals surface area contributed by atoms with Crippen LogP contribution in [0.15, 0.2) is 24.3 Å². The maximum atomic E-state index is 12.4. The van der Waals surface area contributed by atoms with E-state index in [1.165, 1.54) is 18.4 Å². The Balaban J connectivity index is 1.97. The fourth-order valence-corrected chi connectivity index (χ4v) is 3.68. The number of hydrogen-bond donors (Lipinski definition) is 1. The molecule has 0 radical (unpaired) electrons. The lowest BCUT2D eigenvalue weighted by molar-refractivity contribution is 0.0926. The van der Waals surface area contributed by atoms with Crippen LogP contribution in [0.5, 0.6) is 5.75 Å². The quantitative estimate of drug-likeness (QED) is 0.741. The number of nitrogens with zero attached hydrogens (tertiary/aromatic N) is 1. The van der Waals surface area contributed by atoms with Crippen LogP contribution in [0.1, 0.15) is 23.7 Å². The van der Waals surface area contributed by atoms with Gasteiger partial charge in [0, 0.05) is 25.6 Å². The van der Waals surface area contributed by atoms with Gasteiger partial charge in [0.05, 0.1) is 31.6 Å². The molecule has 0 saturated carbocycles. The molecule has 2 rings (SSSR count). The fraction of sp³-hybridized carbons (Fsp3) is 0.588. The van der Waals surface area contributed by atoms with Crippen molar-refractivity contribution in [3.63, 3.8) is 0 Å². The summed E-state index contributed by atoms with van der Waals surface area (Å²) in [5.74, 6) is 0.167. The average molecular weight is 370 g/mol. The van der Waals surface area contributed by atoms with Gasteiger partial charge in [-0.15, -0.1) is 0 Å². The van der Waals surface area contributed by atoms with Crippen molar-refractivity contribution in [2.75, 3.05) is 39.7 Å². The normalized spacial score (nSPS) is 20.6. The Labute approximate surface area is 149 Å². The van der Waals surface area contributed by atoms with E-state index in [4.69, 9.17) is 9.47 Å². The highest BCUT2D eigenvalue weighted by Gasteiger charge is 2.34. The molecule has 1 amide bonds. The third-order valence-electron chi connectivity index (χ3n) is 4.09. The minimum Gasteiger partial charge on any atom is -0.494 e. The van der Waals surface area contributed by atoms with Crippen molar-refractivity contribution in [1.82, 2.24) is 9.62 Å². The topological polar surface area (TPSA) is 84.9 Å². The molecule has 1 fully saturated rings. The third kappa shape index (κ3) is 5.42. The molecule has 0 aromatic heterocycles. The van der Waals surface area contributed by atoms with Crippen LogP contribution in [0.25, 0.3) is 0 Å². The van der Waals surface area contributed by atoms with Crippen molar-refractivity contribution in [3.8, 4) is 5.75 Å². The zero-order chi connectivity index (χ0) is 18.4. The van der Waals surface area contributed by atoms with E-state index in [0.717, 1.165) is 12.2 Å². The van der Waals surface area contributed by atoms with Gasteiger partial charge in [0.2, 0.25) is 10.0 Å². The summed E-state index contributed by atoms with van der Waals surface area (Å²) in [6, 6.07) is 6.58. The summed E-state index contributed by atoms with van der Waals surface area (Å²) in [6.07, 6.45) is 0.918. The van der Waals surface area contributed by atoms with E-state index in [1.54, 1.807) is 24.3 Å². The first-order valence-electron chi connectivity index (χ1n) is 8.35. The Bertz CT molecular complexity index is 673. The zero-order valence-electron chi connectivity index (χ0n) is 14.9. The van der Waals surface area contributed by atoms with Gasteiger partial charge in [0.1, 0.15) is 5.75 Å². The molecule has 1 N–H and O–H groups in total. The monoisotopic (exact) mass is 370 g/mol. The molecule has 0 spiro atoms. The van der Waals surface area contributed by atoms with Crippen molar-refractivity contribution in [3.05, 3.63) is 29.8 Å². The largest absolute Gasteiger partial charge is 0.494 e. The van der Waals surface area contributed by atoms with Crippen molar-refractivity contribution < 1.29 is 22.7 Å². The van der Waals surface area contributed by atoms with Crippen LogP contribution in [0.3, 0.4) is 0 Å². The number of carbonyl (C=O) groups is 1. The summed E-state index contributed by atoms with van der Waals surface area (Å²) < 4.78 is 36.2. The molecule has 140 valence electrons. The number of benzene rings is 1. The lowest BCUT2D eigenvalue weighted by atomic mass is 10.1. The highest BCUT2D eigenvalue weighted by molar-refractivity contribution is 7.89. The van der Waals surface area contributed by atoms with Crippen molar-refractivity contribution in [1.29, 1.82) is 0 Å². The fourth-order valence-electron chi connectivity index (χ4n) is 2.52. The van der Waals surface area contributed by atoms with Crippen molar-refractivity contribution in [2.24, 2.45) is 5.92 Å². The van der Waals surface area contributed by atoms with Crippen molar-refractivity contribution >= 4 is 15.9 Å². The van der Waals surface area contributed by atoms with Crippen LogP contribution in [-0.4, -0.2) is 64.3 Å². The van der Waals surface area contributed by atoms with Gasteiger partial charge in [0.25, 0.3) is 5.91 Å². The molecule has 8 heteroatoms. The van der Waals surface area contributed by atoms with Gasteiger partial charge in [-0.2, -0.15) is 0 Å². The zero-order valence-corrected chi connectivity index (χ0v) is 15.7. The molecule has 1 heterocycles. The molecule has 25 heavy (non-hydrogen) atoms. The van der Waals surface area contributed by atoms with Crippen LogP contribution in [0, 0.1) is 5.92 Å². The summed E-state index contributed by atoms with van der Waals surface area (Å²) in [4.78, 5) is 12.4. The second-order valence-electron chi connectivity index (χ2n) is 6.31. The van der Waals surface area contributed by atoms with Gasteiger partial charge in [0.15, 0.2) is 0 Å².